The summed E-state index contributed by atoms with van der Waals surface area (Å²) in [6, 6.07) is 0. The topological polar surface area (TPSA) is 1050 Å². The Labute approximate surface area is 808 Å². The lowest BCUT2D eigenvalue weighted by Gasteiger charge is -2.51. The first kappa shape index (κ1) is 117. The molecule has 0 bridgehead atoms. The predicted octanol–water partition coefficient (Wildman–Crippen LogP) is -24.9. The van der Waals surface area contributed by atoms with Gasteiger partial charge in [0.05, 0.1) is 57.5 Å². The van der Waals surface area contributed by atoms with E-state index in [2.05, 4.69) is 0 Å². The minimum Gasteiger partial charge on any atom is -0.479 e. The van der Waals surface area contributed by atoms with Gasteiger partial charge in [0, 0.05) is 0 Å². The third-order valence-corrected chi connectivity index (χ3v) is 26.9. The minimum atomic E-state index is -2.86. The van der Waals surface area contributed by atoms with Crippen LogP contribution in [0.5, 0.6) is 0 Å². The zero-order valence-corrected chi connectivity index (χ0v) is 75.4. The van der Waals surface area contributed by atoms with Gasteiger partial charge < -0.3 is 307 Å². The number of rotatable bonds is 33. The molecule has 13 fully saturated rings. The van der Waals surface area contributed by atoms with Crippen molar-refractivity contribution in [2.75, 3.05) is 33.0 Å². The molecule has 0 aromatic rings. The molecule has 0 aromatic heterocycles. The third-order valence-electron chi connectivity index (χ3n) is 26.9. The second-order valence-corrected chi connectivity index (χ2v) is 36.6. The molecular weight excluding hydrogens is 1990 g/mol. The first-order valence-electron chi connectivity index (χ1n) is 45.1. The molecule has 66 heteroatoms. The SMILES string of the molecule is C[C@@H]1O[C@H](O[C@@H]2[C@H](O)[C@@H](O)[C@@H](O[C@@H]3[C@H](O)[C@@H](O[C@@H]4O[C@H](CO[C@@H]5O[C@H](CO)[C@H](O)[C@H](O)[C@H]5O)[C@H](O)[C@H](O)[C@H]4O)[C@H](C)O[C@@H]3O)O[C@@H]2C(=O)O)[C@H](O[C@H]2O[C@H](C(=O)O)[C@H](O[C@H]3O[C@@H](C)[C@H](O[C@@H]4O[C@H](CO[C@@H]5O[C@H](CO)[C@H](O)[C@H](O)[C@H]5O)[C@H](O)[C@H](O)[C@H]4O)[C@@H](O)[C@H]3O[C@H]3O[C@H](C(=O)O)[C@H](O[C@H]4O[C@@H](C)[C@H](O[C@@H]5O[C@H](CO)[C@H](O)[C@H](O)[C@H]5O)[C@@H](O)[C@H]4O[C@H]4O[C@H](C(=O)O)[C@H](O)[C@H](O)[C@H]4O)[C@H](O)[C@H]3O)[C@H](O)[C@H]2O)[C@H](O)[C@H]1O. The lowest BCUT2D eigenvalue weighted by molar-refractivity contribution is -0.411. The first-order valence-corrected chi connectivity index (χ1v) is 45.1. The predicted molar refractivity (Wildman–Crippen MR) is 424 cm³/mol. The van der Waals surface area contributed by atoms with E-state index in [9.17, 15) is 208 Å². The van der Waals surface area contributed by atoms with Gasteiger partial charge in [0.2, 0.25) is 0 Å². The number of carboxylic acid groups (broad SMARTS) is 4. The van der Waals surface area contributed by atoms with Crippen molar-refractivity contribution in [1.29, 1.82) is 0 Å². The molecule has 0 aliphatic carbocycles. The summed E-state index contributed by atoms with van der Waals surface area (Å²) >= 11 is 0. The van der Waals surface area contributed by atoms with Crippen LogP contribution in [0.1, 0.15) is 27.7 Å². The Hall–Kier alpha value is -4.44. The van der Waals surface area contributed by atoms with Crippen LogP contribution in [0.2, 0.25) is 0 Å². The summed E-state index contributed by atoms with van der Waals surface area (Å²) in [5.74, 6) is -8.57. The van der Waals surface area contributed by atoms with Crippen molar-refractivity contribution in [2.24, 2.45) is 0 Å². The summed E-state index contributed by atoms with van der Waals surface area (Å²) < 4.78 is 142. The van der Waals surface area contributed by atoms with Crippen molar-refractivity contribution in [3.63, 3.8) is 0 Å². The monoisotopic (exact) mass is 2120 g/mol. The lowest BCUT2D eigenvalue weighted by Crippen LogP contribution is -2.69. The maximum atomic E-state index is 13.7. The molecule has 0 unspecified atom stereocenters. The summed E-state index contributed by atoms with van der Waals surface area (Å²) in [5.41, 5.74) is 0. The van der Waals surface area contributed by atoms with Crippen molar-refractivity contribution >= 4 is 23.9 Å². The molecule has 0 saturated carbocycles. The number of carbonyl (C=O) groups is 4. The normalized spacial score (nSPS) is 53.7. The van der Waals surface area contributed by atoms with E-state index in [1.54, 1.807) is 0 Å². The van der Waals surface area contributed by atoms with Gasteiger partial charge in [-0.1, -0.05) is 0 Å². The van der Waals surface area contributed by atoms with Gasteiger partial charge in [-0.05, 0) is 27.7 Å². The standard InChI is InChI=1S/C78H124O66/c1-10-19(82)31(94)56(76(123-10)134-51-33(96)42(105)73(142-59(51)63(113)114)138-55-45(108)48(11(2)122-66(55)119)131-70-39(102)28(91)23(86)17(129-70)8-120-67-36(99)25(88)20(83)14(5-79)126-67)139-74-43(106)34(97)52(60(143-74)64(115)116)136-78-58(47(110)50(13(4)125-78)133-71-40(103)29(92)24(87)18(130-71)9-121-68-37(100)26(89)21(84)15(6-80)127-68)141-75-44(107)35(98)53(61(144-75)65(117)118)135-77-57(140-72-41(104)30(93)32(95)54(137-72)62(111)112)46(109)49(12(3)124-77)132-69-38(101)27(90)22(85)16(7-81)128-69/h10-61,66-110,119H,5-9H2,1-4H3,(H,111,112)(H,113,114)(H,115,116)(H,117,118)/t10-,11-,12-,13-,14+,15+,16+,17+,18+,19-,20-,21-,22-,23-,24-,25-,26-,27-,28-,29-,30-,31+,32+,33+,34+,35+,36+,37+,38+,39+,40+,41+,42+,43+,44+,45+,46+,47+,48-,49-,50-,51+,52+,53+,54-,55+,56+,57+,58+,59-,60-,61-,66-,67+,68+,69-,70-,71-,72+,73-,74-,75-,76+,77+,78+/m0/s1. The molecular formula is C78H124O66. The van der Waals surface area contributed by atoms with E-state index in [0.717, 1.165) is 20.8 Å². The number of hydrogen-bond acceptors (Lipinski definition) is 62. The second kappa shape index (κ2) is 48.5. The molecule has 832 valence electrons. The van der Waals surface area contributed by atoms with Gasteiger partial charge >= 0.3 is 23.9 Å². The second-order valence-electron chi connectivity index (χ2n) is 36.6. The molecule has 13 aliphatic rings. The summed E-state index contributed by atoms with van der Waals surface area (Å²) in [7, 11) is 0. The van der Waals surface area contributed by atoms with E-state index in [4.69, 9.17) is 118 Å². The van der Waals surface area contributed by atoms with Crippen molar-refractivity contribution in [3.8, 4) is 0 Å². The summed E-state index contributed by atoms with van der Waals surface area (Å²) in [5, 5.41) is 409. The molecule has 13 aliphatic heterocycles. The first-order chi connectivity index (χ1) is 67.7. The number of hydrogen-bond donors (Lipinski definition) is 37. The van der Waals surface area contributed by atoms with Gasteiger partial charge in [-0.25, -0.2) is 19.2 Å². The number of ether oxygens (including phenoxy) is 25. The van der Waals surface area contributed by atoms with E-state index >= 15 is 0 Å². The van der Waals surface area contributed by atoms with Crippen molar-refractivity contribution in [1.82, 2.24) is 0 Å². The van der Waals surface area contributed by atoms with Crippen LogP contribution in [0.25, 0.3) is 0 Å². The van der Waals surface area contributed by atoms with Crippen LogP contribution in [0.15, 0.2) is 0 Å². The van der Waals surface area contributed by atoms with Crippen molar-refractivity contribution in [2.45, 2.75) is 427 Å². The molecule has 66 nitrogen and oxygen atoms in total. The zero-order chi connectivity index (χ0) is 106. The fourth-order valence-corrected chi connectivity index (χ4v) is 18.4. The Morgan fingerprint density at radius 2 is 0.389 bits per heavy atom. The van der Waals surface area contributed by atoms with Crippen molar-refractivity contribution in [3.05, 3.63) is 0 Å². The Bertz CT molecular complexity index is 4090. The smallest absolute Gasteiger partial charge is 0.335 e. The molecule has 0 radical (unpaired) electrons. The molecule has 13 saturated heterocycles. The van der Waals surface area contributed by atoms with Crippen LogP contribution < -0.4 is 0 Å². The van der Waals surface area contributed by atoms with Crippen molar-refractivity contribution < 1.29 is 327 Å². The zero-order valence-electron chi connectivity index (χ0n) is 75.4. The molecule has 0 aromatic carbocycles. The minimum absolute atomic E-state index is 0.864. The van der Waals surface area contributed by atoms with E-state index in [-0.39, 0.29) is 0 Å². The van der Waals surface area contributed by atoms with E-state index in [1.807, 2.05) is 0 Å². The van der Waals surface area contributed by atoms with Crippen LogP contribution in [-0.4, -0.2) is 645 Å². The van der Waals surface area contributed by atoms with Gasteiger partial charge in [0.1, 0.15) is 269 Å². The summed E-state index contributed by atoms with van der Waals surface area (Å²) in [6.07, 6.45) is -148. The van der Waals surface area contributed by atoms with Crippen LogP contribution in [0.3, 0.4) is 0 Å². The summed E-state index contributed by atoms with van der Waals surface area (Å²) in [6.45, 7) is -0.455. The van der Waals surface area contributed by atoms with E-state index < -0.39 is 456 Å². The Morgan fingerprint density at radius 3 is 0.694 bits per heavy atom. The highest BCUT2D eigenvalue weighted by molar-refractivity contribution is 5.75. The van der Waals surface area contributed by atoms with Gasteiger partial charge in [-0.3, -0.25) is 0 Å². The molecule has 0 amide bonds. The Balaban J connectivity index is 0.735. The molecule has 13 heterocycles. The van der Waals surface area contributed by atoms with E-state index in [0.29, 0.717) is 0 Å². The molecule has 144 heavy (non-hydrogen) atoms. The Kier molecular flexibility index (Phi) is 39.3. The Morgan fingerprint density at radius 1 is 0.181 bits per heavy atom. The number of carboxylic acids is 4. The largest absolute Gasteiger partial charge is 0.479 e. The molecule has 65 atom stereocenters. The van der Waals surface area contributed by atoms with Crippen LogP contribution in [-0.2, 0) is 138 Å². The van der Waals surface area contributed by atoms with Gasteiger partial charge in [0.15, 0.2) is 106 Å². The van der Waals surface area contributed by atoms with Gasteiger partial charge in [-0.2, -0.15) is 0 Å². The fraction of sp³-hybridized carbons (Fsp3) is 0.949. The maximum absolute atomic E-state index is 13.7. The van der Waals surface area contributed by atoms with Crippen LogP contribution in [0.4, 0.5) is 0 Å². The van der Waals surface area contributed by atoms with Crippen LogP contribution in [0, 0.1) is 0 Å². The lowest BCUT2D eigenvalue weighted by atomic mass is 9.94. The van der Waals surface area contributed by atoms with Gasteiger partial charge in [-0.15, -0.1) is 0 Å². The highest BCUT2D eigenvalue weighted by Gasteiger charge is 2.65. The maximum Gasteiger partial charge on any atom is 0.335 e. The molecule has 0 spiro atoms. The third kappa shape index (κ3) is 23.9. The van der Waals surface area contributed by atoms with E-state index in [1.165, 1.54) is 6.92 Å². The molecule has 13 rings (SSSR count). The number of aliphatic hydroxyl groups is 33. The highest BCUT2D eigenvalue weighted by Crippen LogP contribution is 2.44. The number of aliphatic carboxylic acids is 4. The number of aliphatic hydroxyl groups excluding tert-OH is 33. The molecule has 37 N–H and O–H groups in total. The highest BCUT2D eigenvalue weighted by atomic mass is 16.8. The average molecular weight is 2120 g/mol. The average Bonchev–Trinajstić information content (AvgIpc) is 0.756. The van der Waals surface area contributed by atoms with Crippen LogP contribution >= 0.6 is 0 Å². The van der Waals surface area contributed by atoms with Gasteiger partial charge in [0.25, 0.3) is 0 Å². The quantitative estimate of drug-likeness (QED) is 0.0290. The fourth-order valence-electron chi connectivity index (χ4n) is 18.4. The summed E-state index contributed by atoms with van der Waals surface area (Å²) in [4.78, 5) is 52.8.